The Morgan fingerprint density at radius 1 is 0.774 bits per heavy atom. The maximum absolute atomic E-state index is 10.3. The fourth-order valence-electron chi connectivity index (χ4n) is 3.96. The number of benzene rings is 4. The van der Waals surface area contributed by atoms with Gasteiger partial charge in [0.1, 0.15) is 11.8 Å². The minimum absolute atomic E-state index is 0.00816. The largest absolute Gasteiger partial charge is 0.507 e. The minimum Gasteiger partial charge on any atom is -0.507 e. The first-order valence-electron chi connectivity index (χ1n) is 10.3. The maximum atomic E-state index is 10.3. The van der Waals surface area contributed by atoms with Gasteiger partial charge in [-0.15, -0.1) is 0 Å². The SMILES string of the molecule is N#Cc1ccc(C(Cc2ccccc2-c2ccc(CO)cc2)c2ccccc2)cc1O. The quantitative estimate of drug-likeness (QED) is 0.426. The molecule has 0 aliphatic carbocycles. The highest BCUT2D eigenvalue weighted by Crippen LogP contribution is 2.34. The van der Waals surface area contributed by atoms with E-state index in [9.17, 15) is 15.5 Å². The molecule has 0 aliphatic rings. The molecule has 31 heavy (non-hydrogen) atoms. The summed E-state index contributed by atoms with van der Waals surface area (Å²) in [5, 5.41) is 28.8. The van der Waals surface area contributed by atoms with Gasteiger partial charge in [0, 0.05) is 5.92 Å². The molecule has 4 aromatic carbocycles. The molecule has 4 aromatic rings. The van der Waals surface area contributed by atoms with Crippen molar-refractivity contribution >= 4 is 0 Å². The average Bonchev–Trinajstić information content (AvgIpc) is 2.83. The third-order valence-corrected chi connectivity index (χ3v) is 5.64. The van der Waals surface area contributed by atoms with E-state index in [-0.39, 0.29) is 23.8 Å². The van der Waals surface area contributed by atoms with E-state index in [4.69, 9.17) is 0 Å². The number of nitrogens with zero attached hydrogens (tertiary/aromatic N) is 1. The Balaban J connectivity index is 1.76. The Kier molecular flexibility index (Phi) is 6.12. The molecule has 0 heterocycles. The van der Waals surface area contributed by atoms with Crippen molar-refractivity contribution in [2.45, 2.75) is 18.9 Å². The van der Waals surface area contributed by atoms with E-state index in [1.165, 1.54) is 5.56 Å². The second-order valence-electron chi connectivity index (χ2n) is 7.57. The highest BCUT2D eigenvalue weighted by atomic mass is 16.3. The van der Waals surface area contributed by atoms with Gasteiger partial charge < -0.3 is 10.2 Å². The number of hydrogen-bond donors (Lipinski definition) is 2. The van der Waals surface area contributed by atoms with Gasteiger partial charge in [-0.1, -0.05) is 84.9 Å². The summed E-state index contributed by atoms with van der Waals surface area (Å²) >= 11 is 0. The van der Waals surface area contributed by atoms with Crippen molar-refractivity contribution in [1.82, 2.24) is 0 Å². The van der Waals surface area contributed by atoms with Crippen LogP contribution in [0.4, 0.5) is 0 Å². The van der Waals surface area contributed by atoms with Gasteiger partial charge in [-0.05, 0) is 51.9 Å². The molecule has 0 amide bonds. The zero-order chi connectivity index (χ0) is 21.6. The summed E-state index contributed by atoms with van der Waals surface area (Å²) in [5.74, 6) is 0.0338. The van der Waals surface area contributed by atoms with Crippen LogP contribution in [0.15, 0.2) is 97.1 Å². The first-order valence-corrected chi connectivity index (χ1v) is 10.3. The summed E-state index contributed by atoms with van der Waals surface area (Å²) in [5.41, 5.74) is 6.71. The van der Waals surface area contributed by atoms with E-state index in [1.54, 1.807) is 12.1 Å². The monoisotopic (exact) mass is 405 g/mol. The Labute approximate surface area is 182 Å². The standard InChI is InChI=1S/C28H23NO2/c29-18-25-15-14-24(17-28(25)31)27(21-6-2-1-3-7-21)16-23-8-4-5-9-26(23)22-12-10-20(19-30)11-13-22/h1-15,17,27,30-31H,16,19H2. The third kappa shape index (κ3) is 4.50. The Hall–Kier alpha value is -3.87. The van der Waals surface area contributed by atoms with Crippen LogP contribution in [0.2, 0.25) is 0 Å². The molecule has 0 saturated heterocycles. The summed E-state index contributed by atoms with van der Waals surface area (Å²) < 4.78 is 0. The molecule has 4 rings (SSSR count). The predicted octanol–water partition coefficient (Wildman–Crippen LogP) is 5.80. The summed E-state index contributed by atoms with van der Waals surface area (Å²) in [7, 11) is 0. The number of hydrogen-bond acceptors (Lipinski definition) is 3. The average molecular weight is 405 g/mol. The molecule has 0 bridgehead atoms. The Morgan fingerprint density at radius 2 is 1.48 bits per heavy atom. The minimum atomic E-state index is 0.00816. The van der Waals surface area contributed by atoms with Crippen LogP contribution in [0.25, 0.3) is 11.1 Å². The second kappa shape index (κ2) is 9.30. The number of aliphatic hydroxyl groups excluding tert-OH is 1. The van der Waals surface area contributed by atoms with Crippen LogP contribution in [0.5, 0.6) is 5.75 Å². The van der Waals surface area contributed by atoms with Crippen LogP contribution < -0.4 is 0 Å². The molecule has 0 saturated carbocycles. The second-order valence-corrected chi connectivity index (χ2v) is 7.57. The lowest BCUT2D eigenvalue weighted by Gasteiger charge is -2.21. The molecule has 0 fully saturated rings. The Morgan fingerprint density at radius 3 is 2.16 bits per heavy atom. The zero-order valence-electron chi connectivity index (χ0n) is 17.1. The first-order chi connectivity index (χ1) is 15.2. The van der Waals surface area contributed by atoms with Crippen LogP contribution in [0.3, 0.4) is 0 Å². The van der Waals surface area contributed by atoms with Crippen LogP contribution >= 0.6 is 0 Å². The Bertz CT molecular complexity index is 1210. The fourth-order valence-corrected chi connectivity index (χ4v) is 3.96. The normalized spacial score (nSPS) is 11.6. The van der Waals surface area contributed by atoms with Gasteiger partial charge in [0.25, 0.3) is 0 Å². The van der Waals surface area contributed by atoms with Crippen molar-refractivity contribution < 1.29 is 10.2 Å². The summed E-state index contributed by atoms with van der Waals surface area (Å²) in [6.45, 7) is 0.0280. The van der Waals surface area contributed by atoms with Crippen LogP contribution in [0.1, 0.15) is 33.7 Å². The van der Waals surface area contributed by atoms with Gasteiger partial charge >= 0.3 is 0 Å². The van der Waals surface area contributed by atoms with Gasteiger partial charge in [0.05, 0.1) is 12.2 Å². The van der Waals surface area contributed by atoms with Crippen molar-refractivity contribution in [3.8, 4) is 22.9 Å². The molecule has 0 spiro atoms. The summed E-state index contributed by atoms with van der Waals surface area (Å²) in [4.78, 5) is 0. The van der Waals surface area contributed by atoms with E-state index in [1.807, 2.05) is 66.7 Å². The molecule has 1 atom stereocenters. The van der Waals surface area contributed by atoms with Gasteiger partial charge in [0.15, 0.2) is 0 Å². The topological polar surface area (TPSA) is 64.2 Å². The first kappa shape index (κ1) is 20.4. The highest BCUT2D eigenvalue weighted by Gasteiger charge is 2.18. The number of aromatic hydroxyl groups is 1. The fraction of sp³-hybridized carbons (Fsp3) is 0.107. The van der Waals surface area contributed by atoms with Crippen molar-refractivity contribution in [3.63, 3.8) is 0 Å². The predicted molar refractivity (Wildman–Crippen MR) is 123 cm³/mol. The molecular formula is C28H23NO2. The molecule has 0 aromatic heterocycles. The van der Waals surface area contributed by atoms with Gasteiger partial charge in [-0.2, -0.15) is 5.26 Å². The van der Waals surface area contributed by atoms with Crippen LogP contribution in [-0.2, 0) is 13.0 Å². The zero-order valence-corrected chi connectivity index (χ0v) is 17.1. The number of rotatable bonds is 6. The molecule has 0 radical (unpaired) electrons. The van der Waals surface area contributed by atoms with Crippen LogP contribution in [-0.4, -0.2) is 10.2 Å². The summed E-state index contributed by atoms with van der Waals surface area (Å²) in [6, 6.07) is 33.8. The van der Waals surface area contributed by atoms with E-state index >= 15 is 0 Å². The van der Waals surface area contributed by atoms with E-state index in [2.05, 4.69) is 24.3 Å². The van der Waals surface area contributed by atoms with Crippen molar-refractivity contribution in [1.29, 1.82) is 5.26 Å². The van der Waals surface area contributed by atoms with Crippen molar-refractivity contribution in [2.75, 3.05) is 0 Å². The van der Waals surface area contributed by atoms with Crippen LogP contribution in [0, 0.1) is 11.3 Å². The van der Waals surface area contributed by atoms with Crippen molar-refractivity contribution in [3.05, 3.63) is 125 Å². The summed E-state index contributed by atoms with van der Waals surface area (Å²) in [6.07, 6.45) is 0.743. The molecule has 0 aliphatic heterocycles. The molecule has 1 unspecified atom stereocenters. The van der Waals surface area contributed by atoms with Crippen molar-refractivity contribution in [2.24, 2.45) is 0 Å². The lowest BCUT2D eigenvalue weighted by atomic mass is 9.83. The molecule has 152 valence electrons. The smallest absolute Gasteiger partial charge is 0.133 e. The molecular weight excluding hydrogens is 382 g/mol. The van der Waals surface area contributed by atoms with E-state index in [0.717, 1.165) is 34.2 Å². The number of phenols is 1. The number of aliphatic hydroxyl groups is 1. The molecule has 2 N–H and O–H groups in total. The maximum Gasteiger partial charge on any atom is 0.133 e. The van der Waals surface area contributed by atoms with Gasteiger partial charge in [-0.3, -0.25) is 0 Å². The highest BCUT2D eigenvalue weighted by molar-refractivity contribution is 5.68. The lowest BCUT2D eigenvalue weighted by Crippen LogP contribution is -2.06. The third-order valence-electron chi connectivity index (χ3n) is 5.64. The number of phenolic OH excluding ortho intramolecular Hbond substituents is 1. The van der Waals surface area contributed by atoms with E-state index < -0.39 is 0 Å². The molecule has 3 nitrogen and oxygen atoms in total. The molecule has 3 heteroatoms. The van der Waals surface area contributed by atoms with Gasteiger partial charge in [0.2, 0.25) is 0 Å². The van der Waals surface area contributed by atoms with Gasteiger partial charge in [-0.25, -0.2) is 0 Å². The van der Waals surface area contributed by atoms with E-state index in [0.29, 0.717) is 0 Å². The lowest BCUT2D eigenvalue weighted by molar-refractivity contribution is 0.282. The number of nitriles is 1.